The molecule has 0 fully saturated rings. The van der Waals surface area contributed by atoms with Crippen molar-refractivity contribution >= 4 is 34.1 Å². The van der Waals surface area contributed by atoms with Gasteiger partial charge in [0.2, 0.25) is 5.91 Å². The van der Waals surface area contributed by atoms with Crippen molar-refractivity contribution in [1.29, 1.82) is 0 Å². The van der Waals surface area contributed by atoms with E-state index in [4.69, 9.17) is 9.47 Å². The molecule has 170 valence electrons. The minimum Gasteiger partial charge on any atom is -0.491 e. The summed E-state index contributed by atoms with van der Waals surface area (Å²) in [6.07, 6.45) is 1.30. The van der Waals surface area contributed by atoms with Gasteiger partial charge in [0.05, 0.1) is 24.2 Å². The topological polar surface area (TPSA) is 114 Å². The average Bonchev–Trinajstić information content (AvgIpc) is 3.23. The highest BCUT2D eigenvalue weighted by molar-refractivity contribution is 5.93. The van der Waals surface area contributed by atoms with Crippen molar-refractivity contribution in [3.63, 3.8) is 0 Å². The van der Waals surface area contributed by atoms with Crippen molar-refractivity contribution in [3.8, 4) is 5.75 Å². The number of aromatic amines is 1. The summed E-state index contributed by atoms with van der Waals surface area (Å²) in [5, 5.41) is 13.0. The van der Waals surface area contributed by atoms with Crippen LogP contribution in [0.15, 0.2) is 48.8 Å². The predicted molar refractivity (Wildman–Crippen MR) is 117 cm³/mol. The second-order valence-corrected chi connectivity index (χ2v) is 6.97. The molecular weight excluding hydrogens is 434 g/mol. The molecule has 0 saturated heterocycles. The fourth-order valence-corrected chi connectivity index (χ4v) is 3.07. The summed E-state index contributed by atoms with van der Waals surface area (Å²) in [5.74, 6) is -1.06. The molecule has 0 aliphatic heterocycles. The average molecular weight is 454 g/mol. The van der Waals surface area contributed by atoms with Gasteiger partial charge in [0.15, 0.2) is 17.5 Å². The van der Waals surface area contributed by atoms with Gasteiger partial charge in [0.1, 0.15) is 24.5 Å². The number of H-pyrrole nitrogens is 1. The Balaban J connectivity index is 1.42. The Morgan fingerprint density at radius 1 is 1.12 bits per heavy atom. The molecule has 0 spiro atoms. The van der Waals surface area contributed by atoms with Crippen LogP contribution >= 0.6 is 0 Å². The summed E-state index contributed by atoms with van der Waals surface area (Å²) in [7, 11) is 1.60. The first-order valence-corrected chi connectivity index (χ1v) is 9.95. The summed E-state index contributed by atoms with van der Waals surface area (Å²) in [5.41, 5.74) is 0.921. The zero-order valence-corrected chi connectivity index (χ0v) is 17.6. The van der Waals surface area contributed by atoms with E-state index in [1.807, 2.05) is 6.07 Å². The van der Waals surface area contributed by atoms with Gasteiger partial charge in [-0.3, -0.25) is 9.89 Å². The third-order valence-corrected chi connectivity index (χ3v) is 4.62. The molecule has 3 N–H and O–H groups in total. The van der Waals surface area contributed by atoms with E-state index in [2.05, 4.69) is 30.8 Å². The van der Waals surface area contributed by atoms with Crippen molar-refractivity contribution in [1.82, 2.24) is 20.2 Å². The Bertz CT molecular complexity index is 1280. The van der Waals surface area contributed by atoms with Gasteiger partial charge in [-0.25, -0.2) is 18.7 Å². The fourth-order valence-electron chi connectivity index (χ4n) is 3.07. The number of benzene rings is 2. The van der Waals surface area contributed by atoms with Crippen LogP contribution in [0.2, 0.25) is 0 Å². The maximum Gasteiger partial charge on any atom is 0.230 e. The Morgan fingerprint density at radius 3 is 2.85 bits per heavy atom. The van der Waals surface area contributed by atoms with Gasteiger partial charge in [-0.15, -0.1) is 0 Å². The zero-order valence-electron chi connectivity index (χ0n) is 17.6. The van der Waals surface area contributed by atoms with Crippen molar-refractivity contribution in [2.45, 2.75) is 6.42 Å². The predicted octanol–water partition coefficient (Wildman–Crippen LogP) is 3.58. The Morgan fingerprint density at radius 2 is 2.00 bits per heavy atom. The molecule has 0 aliphatic carbocycles. The third kappa shape index (κ3) is 5.39. The molecule has 33 heavy (non-hydrogen) atoms. The first-order chi connectivity index (χ1) is 16.0. The lowest BCUT2D eigenvalue weighted by Crippen LogP contribution is -2.16. The van der Waals surface area contributed by atoms with Crippen LogP contribution in [-0.2, 0) is 16.0 Å². The van der Waals surface area contributed by atoms with E-state index in [-0.39, 0.29) is 12.1 Å². The van der Waals surface area contributed by atoms with Gasteiger partial charge in [0, 0.05) is 30.3 Å². The number of methoxy groups -OCH3 is 1. The number of carbonyl (C=O) groups is 1. The SMILES string of the molecule is COCCOc1ccc2c(Nc3cc(CC(=O)Nc4cccc(F)c4F)[nH]n3)ncnc2c1. The standard InChI is InChI=1S/C22H20F2N6O3/c1-32-7-8-33-14-5-6-15-18(11-14)25-12-26-22(15)28-19-9-13(29-30-19)10-20(31)27-17-4-2-3-16(23)21(17)24/h2-6,9,11-12H,7-8,10H2,1H3,(H,27,31)(H2,25,26,28,29,30). The number of carbonyl (C=O) groups excluding carboxylic acids is 1. The number of hydrogen-bond donors (Lipinski definition) is 3. The van der Waals surface area contributed by atoms with Crippen LogP contribution < -0.4 is 15.4 Å². The molecule has 0 radical (unpaired) electrons. The second kappa shape index (κ2) is 10.0. The van der Waals surface area contributed by atoms with Gasteiger partial charge >= 0.3 is 0 Å². The van der Waals surface area contributed by atoms with Crippen LogP contribution in [0.5, 0.6) is 5.75 Å². The van der Waals surface area contributed by atoms with Gasteiger partial charge in [-0.2, -0.15) is 5.10 Å². The Hall–Kier alpha value is -4.12. The monoisotopic (exact) mass is 454 g/mol. The van der Waals surface area contributed by atoms with E-state index in [0.717, 1.165) is 11.5 Å². The number of hydrogen-bond acceptors (Lipinski definition) is 7. The summed E-state index contributed by atoms with van der Waals surface area (Å²) in [6, 6.07) is 10.6. The van der Waals surface area contributed by atoms with Gasteiger partial charge < -0.3 is 20.1 Å². The second-order valence-electron chi connectivity index (χ2n) is 6.97. The quantitative estimate of drug-likeness (QED) is 0.331. The molecule has 2 aromatic carbocycles. The minimum atomic E-state index is -1.11. The molecule has 2 aromatic heterocycles. The number of nitrogens with one attached hydrogen (secondary N) is 3. The highest BCUT2D eigenvalue weighted by Gasteiger charge is 2.13. The lowest BCUT2D eigenvalue weighted by atomic mass is 10.2. The smallest absolute Gasteiger partial charge is 0.230 e. The molecule has 4 rings (SSSR count). The number of fused-ring (bicyclic) bond motifs is 1. The maximum absolute atomic E-state index is 13.7. The Labute approximate surface area is 187 Å². The minimum absolute atomic E-state index is 0.114. The number of amides is 1. The van der Waals surface area contributed by atoms with Crippen molar-refractivity contribution in [3.05, 3.63) is 66.1 Å². The van der Waals surface area contributed by atoms with E-state index in [0.29, 0.717) is 41.8 Å². The molecule has 2 heterocycles. The molecule has 0 saturated carbocycles. The molecule has 11 heteroatoms. The molecule has 0 bridgehead atoms. The number of rotatable bonds is 9. The zero-order chi connectivity index (χ0) is 23.2. The van der Waals surface area contributed by atoms with Crippen LogP contribution in [0.4, 0.5) is 26.1 Å². The maximum atomic E-state index is 13.7. The molecular formula is C22H20F2N6O3. The summed E-state index contributed by atoms with van der Waals surface area (Å²) < 4.78 is 37.6. The third-order valence-electron chi connectivity index (χ3n) is 4.62. The van der Waals surface area contributed by atoms with Crippen molar-refractivity contribution in [2.24, 2.45) is 0 Å². The van der Waals surface area contributed by atoms with E-state index in [1.165, 1.54) is 18.5 Å². The van der Waals surface area contributed by atoms with E-state index >= 15 is 0 Å². The highest BCUT2D eigenvalue weighted by atomic mass is 19.2. The number of nitrogens with zero attached hydrogens (tertiary/aromatic N) is 3. The van der Waals surface area contributed by atoms with E-state index in [1.54, 1.807) is 25.3 Å². The summed E-state index contributed by atoms with van der Waals surface area (Å²) in [6.45, 7) is 0.902. The van der Waals surface area contributed by atoms with Crippen LogP contribution in [0.3, 0.4) is 0 Å². The van der Waals surface area contributed by atoms with Crippen LogP contribution in [0, 0.1) is 11.6 Å². The summed E-state index contributed by atoms with van der Waals surface area (Å²) >= 11 is 0. The normalized spacial score (nSPS) is 10.9. The summed E-state index contributed by atoms with van der Waals surface area (Å²) in [4.78, 5) is 20.7. The molecule has 0 atom stereocenters. The number of aromatic nitrogens is 4. The van der Waals surface area contributed by atoms with Gasteiger partial charge in [0.25, 0.3) is 0 Å². The largest absolute Gasteiger partial charge is 0.491 e. The number of ether oxygens (including phenoxy) is 2. The molecule has 0 unspecified atom stereocenters. The van der Waals surface area contributed by atoms with Gasteiger partial charge in [-0.1, -0.05) is 6.07 Å². The lowest BCUT2D eigenvalue weighted by molar-refractivity contribution is -0.115. The van der Waals surface area contributed by atoms with Crippen LogP contribution in [0.25, 0.3) is 10.9 Å². The van der Waals surface area contributed by atoms with Crippen LogP contribution in [-0.4, -0.2) is 46.4 Å². The van der Waals surface area contributed by atoms with E-state index in [9.17, 15) is 13.6 Å². The van der Waals surface area contributed by atoms with Gasteiger partial charge in [-0.05, 0) is 24.3 Å². The first-order valence-electron chi connectivity index (χ1n) is 9.95. The van der Waals surface area contributed by atoms with Crippen LogP contribution in [0.1, 0.15) is 5.69 Å². The molecule has 9 nitrogen and oxygen atoms in total. The number of halogens is 2. The Kier molecular flexibility index (Phi) is 6.69. The molecule has 4 aromatic rings. The molecule has 0 aliphatic rings. The van der Waals surface area contributed by atoms with Crippen molar-refractivity contribution < 1.29 is 23.0 Å². The lowest BCUT2D eigenvalue weighted by Gasteiger charge is -2.09. The number of anilines is 3. The molecule has 1 amide bonds. The van der Waals surface area contributed by atoms with E-state index < -0.39 is 17.5 Å². The fraction of sp³-hybridized carbons (Fsp3) is 0.182. The first kappa shape index (κ1) is 22.1. The highest BCUT2D eigenvalue weighted by Crippen LogP contribution is 2.26. The van der Waals surface area contributed by atoms with Crippen molar-refractivity contribution in [2.75, 3.05) is 31.0 Å².